The van der Waals surface area contributed by atoms with Gasteiger partial charge in [-0.25, -0.2) is 4.79 Å². The van der Waals surface area contributed by atoms with Crippen LogP contribution in [0.25, 0.3) is 0 Å². The first kappa shape index (κ1) is 16.2. The van der Waals surface area contributed by atoms with Crippen LogP contribution in [0.1, 0.15) is 30.5 Å². The van der Waals surface area contributed by atoms with E-state index in [2.05, 4.69) is 15.9 Å². The minimum Gasteiger partial charge on any atom is -0.454 e. The first-order valence-corrected chi connectivity index (χ1v) is 8.09. The molecule has 0 N–H and O–H groups in total. The second-order valence-electron chi connectivity index (χ2n) is 4.45. The highest BCUT2D eigenvalue weighted by Gasteiger charge is 2.17. The molecule has 0 saturated carbocycles. The highest BCUT2D eigenvalue weighted by molar-refractivity contribution is 9.10. The number of thiophene rings is 1. The van der Waals surface area contributed by atoms with Crippen LogP contribution in [0.2, 0.25) is 5.02 Å². The van der Waals surface area contributed by atoms with E-state index in [1.165, 1.54) is 0 Å². The number of hydrogen-bond donors (Lipinski definition) is 0. The number of Topliss-reactive ketones (excluding diaryl/α,β-unsaturated/α-hetero) is 1. The Hall–Kier alpha value is -1.17. The molecule has 0 unspecified atom stereocenters. The van der Waals surface area contributed by atoms with Gasteiger partial charge in [-0.1, -0.05) is 27.5 Å². The molecular weight excluding hydrogens is 376 g/mol. The summed E-state index contributed by atoms with van der Waals surface area (Å²) in [6, 6.07) is 6.69. The van der Waals surface area contributed by atoms with Gasteiger partial charge in [-0.3, -0.25) is 4.79 Å². The molecule has 110 valence electrons. The van der Waals surface area contributed by atoms with Crippen molar-refractivity contribution in [3.63, 3.8) is 0 Å². The molecule has 0 bridgehead atoms. The van der Waals surface area contributed by atoms with E-state index in [-0.39, 0.29) is 18.0 Å². The zero-order valence-corrected chi connectivity index (χ0v) is 14.6. The summed E-state index contributed by atoms with van der Waals surface area (Å²) < 4.78 is 5.77. The average Bonchev–Trinajstić information content (AvgIpc) is 2.77. The van der Waals surface area contributed by atoms with Crippen LogP contribution in [0.4, 0.5) is 0 Å². The number of carbonyl (C=O) groups is 2. The third kappa shape index (κ3) is 3.93. The number of ether oxygens (including phenoxy) is 1. The molecule has 0 aliphatic carbocycles. The van der Waals surface area contributed by atoms with Crippen LogP contribution in [0.15, 0.2) is 28.7 Å². The molecule has 1 heterocycles. The van der Waals surface area contributed by atoms with Crippen LogP contribution in [0.5, 0.6) is 0 Å². The number of rotatable bonds is 4. The Bertz CT molecular complexity index is 709. The molecular formula is C15H12BrClO3S. The molecule has 0 fully saturated rings. The number of ketones is 1. The molecule has 0 atom stereocenters. The molecule has 0 spiro atoms. The predicted octanol–water partition coefficient (Wildman–Crippen LogP) is 4.82. The number of benzene rings is 1. The molecule has 0 radical (unpaired) electrons. The maximum Gasteiger partial charge on any atom is 0.340 e. The monoisotopic (exact) mass is 386 g/mol. The van der Waals surface area contributed by atoms with Gasteiger partial charge in [-0.2, -0.15) is 0 Å². The summed E-state index contributed by atoms with van der Waals surface area (Å²) in [7, 11) is 0. The van der Waals surface area contributed by atoms with E-state index in [0.29, 0.717) is 10.6 Å². The average molecular weight is 388 g/mol. The van der Waals surface area contributed by atoms with Gasteiger partial charge in [0.1, 0.15) is 0 Å². The molecule has 21 heavy (non-hydrogen) atoms. The van der Waals surface area contributed by atoms with Crippen molar-refractivity contribution in [1.82, 2.24) is 0 Å². The maximum absolute atomic E-state index is 12.1. The van der Waals surface area contributed by atoms with Crippen LogP contribution in [0.3, 0.4) is 0 Å². The van der Waals surface area contributed by atoms with Gasteiger partial charge in [-0.05, 0) is 38.1 Å². The highest BCUT2D eigenvalue weighted by atomic mass is 79.9. The molecule has 6 heteroatoms. The summed E-state index contributed by atoms with van der Waals surface area (Å²) in [5.74, 6) is -0.824. The number of aryl methyl sites for hydroxylation is 2. The van der Waals surface area contributed by atoms with Crippen molar-refractivity contribution in [3.8, 4) is 0 Å². The summed E-state index contributed by atoms with van der Waals surface area (Å²) in [5.41, 5.74) is 0.836. The molecule has 2 aromatic rings. The lowest BCUT2D eigenvalue weighted by atomic mass is 10.2. The summed E-state index contributed by atoms with van der Waals surface area (Å²) >= 11 is 10.8. The number of esters is 1. The van der Waals surface area contributed by atoms with Crippen molar-refractivity contribution in [2.24, 2.45) is 0 Å². The van der Waals surface area contributed by atoms with Gasteiger partial charge in [0.15, 0.2) is 6.61 Å². The van der Waals surface area contributed by atoms with Gasteiger partial charge in [0.25, 0.3) is 0 Å². The van der Waals surface area contributed by atoms with Crippen LogP contribution < -0.4 is 0 Å². The molecule has 0 saturated heterocycles. The Kier molecular flexibility index (Phi) is 5.19. The van der Waals surface area contributed by atoms with E-state index in [4.69, 9.17) is 16.3 Å². The van der Waals surface area contributed by atoms with Gasteiger partial charge in [0, 0.05) is 19.8 Å². The molecule has 0 aliphatic heterocycles. The van der Waals surface area contributed by atoms with E-state index in [1.807, 2.05) is 19.9 Å². The fourth-order valence-corrected chi connectivity index (χ4v) is 3.35. The van der Waals surface area contributed by atoms with Crippen molar-refractivity contribution in [3.05, 3.63) is 54.6 Å². The normalized spacial score (nSPS) is 10.5. The number of halogens is 2. The Morgan fingerprint density at radius 3 is 2.57 bits per heavy atom. The summed E-state index contributed by atoms with van der Waals surface area (Å²) in [6.45, 7) is 3.51. The zero-order chi connectivity index (χ0) is 15.6. The first-order chi connectivity index (χ1) is 9.88. The first-order valence-electron chi connectivity index (χ1n) is 6.11. The number of hydrogen-bond acceptors (Lipinski definition) is 4. The van der Waals surface area contributed by atoms with Gasteiger partial charge in [-0.15, -0.1) is 11.3 Å². The quantitative estimate of drug-likeness (QED) is 0.558. The summed E-state index contributed by atoms with van der Waals surface area (Å²) in [4.78, 5) is 26.0. The Labute approximate surface area is 140 Å². The summed E-state index contributed by atoms with van der Waals surface area (Å²) in [5, 5.41) is 0.290. The predicted molar refractivity (Wildman–Crippen MR) is 87.6 cm³/mol. The highest BCUT2D eigenvalue weighted by Crippen LogP contribution is 2.23. The lowest BCUT2D eigenvalue weighted by molar-refractivity contribution is 0.0475. The van der Waals surface area contributed by atoms with E-state index in [9.17, 15) is 9.59 Å². The number of carbonyl (C=O) groups excluding carboxylic acids is 2. The van der Waals surface area contributed by atoms with Gasteiger partial charge < -0.3 is 4.74 Å². The van der Waals surface area contributed by atoms with Crippen LogP contribution in [-0.2, 0) is 4.74 Å². The van der Waals surface area contributed by atoms with Crippen LogP contribution >= 0.6 is 38.9 Å². The molecule has 0 amide bonds. The molecule has 1 aromatic carbocycles. The van der Waals surface area contributed by atoms with Gasteiger partial charge >= 0.3 is 5.97 Å². The lowest BCUT2D eigenvalue weighted by Crippen LogP contribution is -2.14. The lowest BCUT2D eigenvalue weighted by Gasteiger charge is -2.06. The molecule has 3 nitrogen and oxygen atoms in total. The fraction of sp³-hybridized carbons (Fsp3) is 0.200. The smallest absolute Gasteiger partial charge is 0.340 e. The second-order valence-corrected chi connectivity index (χ2v) is 7.23. The van der Waals surface area contributed by atoms with Crippen molar-refractivity contribution in [2.45, 2.75) is 13.8 Å². The van der Waals surface area contributed by atoms with E-state index >= 15 is 0 Å². The molecule has 1 aromatic heterocycles. The fourth-order valence-electron chi connectivity index (χ4n) is 1.85. The van der Waals surface area contributed by atoms with Crippen molar-refractivity contribution >= 4 is 50.6 Å². The van der Waals surface area contributed by atoms with Crippen LogP contribution in [0, 0.1) is 13.8 Å². The zero-order valence-electron chi connectivity index (χ0n) is 11.4. The molecule has 0 aliphatic rings. The van der Waals surface area contributed by atoms with E-state index < -0.39 is 5.97 Å². The Morgan fingerprint density at radius 1 is 1.24 bits per heavy atom. The Morgan fingerprint density at radius 2 is 1.95 bits per heavy atom. The second kappa shape index (κ2) is 6.73. The van der Waals surface area contributed by atoms with Crippen molar-refractivity contribution < 1.29 is 14.3 Å². The maximum atomic E-state index is 12.1. The topological polar surface area (TPSA) is 43.4 Å². The minimum atomic E-state index is -0.612. The third-order valence-electron chi connectivity index (χ3n) is 2.82. The standard InChI is InChI=1S/C15H12BrClO3S/c1-8-5-11(9(2)21-8)14(18)7-20-15(19)12-6-10(16)3-4-13(12)17/h3-6H,7H2,1-2H3. The van der Waals surface area contributed by atoms with Crippen LogP contribution in [-0.4, -0.2) is 18.4 Å². The minimum absolute atomic E-state index is 0.212. The Balaban J connectivity index is 2.06. The van der Waals surface area contributed by atoms with Crippen molar-refractivity contribution in [2.75, 3.05) is 6.61 Å². The molecule has 2 rings (SSSR count). The third-order valence-corrected chi connectivity index (χ3v) is 4.61. The SMILES string of the molecule is Cc1cc(C(=O)COC(=O)c2cc(Br)ccc2Cl)c(C)s1. The van der Waals surface area contributed by atoms with Crippen molar-refractivity contribution in [1.29, 1.82) is 0 Å². The van der Waals surface area contributed by atoms with Gasteiger partial charge in [0.05, 0.1) is 10.6 Å². The summed E-state index contributed by atoms with van der Waals surface area (Å²) in [6.07, 6.45) is 0. The van der Waals surface area contributed by atoms with Gasteiger partial charge in [0.2, 0.25) is 5.78 Å². The van der Waals surface area contributed by atoms with E-state index in [1.54, 1.807) is 29.5 Å². The largest absolute Gasteiger partial charge is 0.454 e. The van der Waals surface area contributed by atoms with E-state index in [0.717, 1.165) is 14.2 Å².